The fourth-order valence-electron chi connectivity index (χ4n) is 0.952. The zero-order valence-corrected chi connectivity index (χ0v) is 8.71. The monoisotopic (exact) mass is 221 g/mol. The maximum atomic E-state index is 10.5. The van der Waals surface area contributed by atoms with Gasteiger partial charge in [-0.3, -0.25) is 10.1 Å². The van der Waals surface area contributed by atoms with Crippen LogP contribution in [0.3, 0.4) is 0 Å². The molecule has 0 bridgehead atoms. The van der Waals surface area contributed by atoms with Crippen molar-refractivity contribution in [1.29, 1.82) is 5.26 Å². The van der Waals surface area contributed by atoms with Crippen LogP contribution in [0.5, 0.6) is 5.75 Å². The Kier molecular flexibility index (Phi) is 3.43. The molecule has 0 spiro atoms. The van der Waals surface area contributed by atoms with E-state index >= 15 is 0 Å². The molecule has 6 nitrogen and oxygen atoms in total. The standard InChI is InChI=1S/C10H11N3O3/c1-10(12,6-11)7-16-9-4-2-3-8(5-9)13(14)15/h2-5H,7,12H2,1H3. The van der Waals surface area contributed by atoms with E-state index in [4.69, 9.17) is 15.7 Å². The Morgan fingerprint density at radius 3 is 2.94 bits per heavy atom. The number of hydrogen-bond donors (Lipinski definition) is 1. The van der Waals surface area contributed by atoms with Crippen molar-refractivity contribution in [2.24, 2.45) is 5.73 Å². The largest absolute Gasteiger partial charge is 0.490 e. The zero-order chi connectivity index (χ0) is 12.2. The second kappa shape index (κ2) is 4.59. The van der Waals surface area contributed by atoms with E-state index in [0.717, 1.165) is 0 Å². The van der Waals surface area contributed by atoms with Crippen molar-refractivity contribution in [2.75, 3.05) is 6.61 Å². The summed E-state index contributed by atoms with van der Waals surface area (Å²) in [6.45, 7) is 1.50. The van der Waals surface area contributed by atoms with Gasteiger partial charge in [0.05, 0.1) is 17.1 Å². The molecule has 0 aliphatic rings. The van der Waals surface area contributed by atoms with Gasteiger partial charge in [-0.25, -0.2) is 0 Å². The van der Waals surface area contributed by atoms with Crippen molar-refractivity contribution in [3.8, 4) is 11.8 Å². The number of nitrogens with two attached hydrogens (primary N) is 1. The maximum Gasteiger partial charge on any atom is 0.273 e. The minimum absolute atomic E-state index is 0.0231. The van der Waals surface area contributed by atoms with E-state index in [-0.39, 0.29) is 12.3 Å². The third-order valence-electron chi connectivity index (χ3n) is 1.82. The Balaban J connectivity index is 2.72. The molecular formula is C10H11N3O3. The molecule has 1 rings (SSSR count). The minimum atomic E-state index is -1.11. The number of hydrogen-bond acceptors (Lipinski definition) is 5. The van der Waals surface area contributed by atoms with Crippen molar-refractivity contribution in [2.45, 2.75) is 12.5 Å². The van der Waals surface area contributed by atoms with Crippen molar-refractivity contribution < 1.29 is 9.66 Å². The third kappa shape index (κ3) is 3.22. The van der Waals surface area contributed by atoms with Gasteiger partial charge in [0.1, 0.15) is 17.9 Å². The van der Waals surface area contributed by atoms with E-state index in [1.807, 2.05) is 6.07 Å². The quantitative estimate of drug-likeness (QED) is 0.608. The van der Waals surface area contributed by atoms with Gasteiger partial charge in [0, 0.05) is 6.07 Å². The molecule has 0 aliphatic heterocycles. The van der Waals surface area contributed by atoms with Gasteiger partial charge < -0.3 is 10.5 Å². The van der Waals surface area contributed by atoms with E-state index in [1.165, 1.54) is 25.1 Å². The summed E-state index contributed by atoms with van der Waals surface area (Å²) < 4.78 is 5.20. The molecule has 84 valence electrons. The van der Waals surface area contributed by atoms with Gasteiger partial charge in [-0.1, -0.05) is 6.07 Å². The fraction of sp³-hybridized carbons (Fsp3) is 0.300. The molecule has 1 unspecified atom stereocenters. The van der Waals surface area contributed by atoms with Gasteiger partial charge >= 0.3 is 0 Å². The molecule has 0 amide bonds. The van der Waals surface area contributed by atoms with Crippen LogP contribution < -0.4 is 10.5 Å². The topological polar surface area (TPSA) is 102 Å². The predicted molar refractivity (Wildman–Crippen MR) is 56.8 cm³/mol. The smallest absolute Gasteiger partial charge is 0.273 e. The van der Waals surface area contributed by atoms with E-state index in [2.05, 4.69) is 0 Å². The number of rotatable bonds is 4. The molecule has 0 heterocycles. The van der Waals surface area contributed by atoms with Crippen molar-refractivity contribution >= 4 is 5.69 Å². The maximum absolute atomic E-state index is 10.5. The Hall–Kier alpha value is -2.13. The molecule has 0 saturated heterocycles. The number of nitrogens with zero attached hydrogens (tertiary/aromatic N) is 2. The van der Waals surface area contributed by atoms with Gasteiger partial charge in [-0.15, -0.1) is 0 Å². The predicted octanol–water partition coefficient (Wildman–Crippen LogP) is 1.21. The van der Waals surface area contributed by atoms with Gasteiger partial charge in [0.25, 0.3) is 5.69 Å². The van der Waals surface area contributed by atoms with Crippen LogP contribution in [0.1, 0.15) is 6.92 Å². The Morgan fingerprint density at radius 2 is 2.38 bits per heavy atom. The molecular weight excluding hydrogens is 210 g/mol. The molecule has 0 radical (unpaired) electrons. The first-order valence-electron chi connectivity index (χ1n) is 4.52. The number of nitro groups is 1. The van der Waals surface area contributed by atoms with Crippen LogP contribution in [0, 0.1) is 21.4 Å². The summed E-state index contributed by atoms with van der Waals surface area (Å²) >= 11 is 0. The summed E-state index contributed by atoms with van der Waals surface area (Å²) in [4.78, 5) is 9.97. The second-order valence-corrected chi connectivity index (χ2v) is 3.57. The van der Waals surface area contributed by atoms with Crippen LogP contribution in [0.25, 0.3) is 0 Å². The van der Waals surface area contributed by atoms with Crippen LogP contribution >= 0.6 is 0 Å². The Bertz CT molecular complexity index is 437. The summed E-state index contributed by atoms with van der Waals surface area (Å²) in [6.07, 6.45) is 0. The van der Waals surface area contributed by atoms with Crippen LogP contribution in [-0.4, -0.2) is 17.1 Å². The molecule has 6 heteroatoms. The van der Waals surface area contributed by atoms with E-state index in [9.17, 15) is 10.1 Å². The van der Waals surface area contributed by atoms with Crippen LogP contribution in [0.4, 0.5) is 5.69 Å². The van der Waals surface area contributed by atoms with Gasteiger partial charge in [0.15, 0.2) is 0 Å². The third-order valence-corrected chi connectivity index (χ3v) is 1.82. The summed E-state index contributed by atoms with van der Waals surface area (Å²) in [5.74, 6) is 0.320. The number of non-ortho nitro benzene ring substituents is 1. The zero-order valence-electron chi connectivity index (χ0n) is 8.71. The number of benzene rings is 1. The Morgan fingerprint density at radius 1 is 1.69 bits per heavy atom. The lowest BCUT2D eigenvalue weighted by Gasteiger charge is -2.15. The summed E-state index contributed by atoms with van der Waals surface area (Å²) in [5, 5.41) is 19.1. The SMILES string of the molecule is CC(N)(C#N)COc1cccc([N+](=O)[O-])c1. The molecule has 0 fully saturated rings. The van der Waals surface area contributed by atoms with Crippen LogP contribution in [0.2, 0.25) is 0 Å². The number of ether oxygens (including phenoxy) is 1. The lowest BCUT2D eigenvalue weighted by Crippen LogP contribution is -2.40. The lowest BCUT2D eigenvalue weighted by molar-refractivity contribution is -0.384. The van der Waals surface area contributed by atoms with Gasteiger partial charge in [-0.2, -0.15) is 5.26 Å². The van der Waals surface area contributed by atoms with Crippen LogP contribution in [0.15, 0.2) is 24.3 Å². The summed E-state index contributed by atoms with van der Waals surface area (Å²) in [6, 6.07) is 7.59. The molecule has 2 N–H and O–H groups in total. The highest BCUT2D eigenvalue weighted by atomic mass is 16.6. The Labute approximate surface area is 92.4 Å². The molecule has 0 aromatic heterocycles. The van der Waals surface area contributed by atoms with Gasteiger partial charge in [-0.05, 0) is 13.0 Å². The molecule has 1 aromatic rings. The summed E-state index contributed by atoms with van der Waals surface area (Å²) in [5.41, 5.74) is 4.37. The second-order valence-electron chi connectivity index (χ2n) is 3.57. The van der Waals surface area contributed by atoms with Gasteiger partial charge in [0.2, 0.25) is 0 Å². The molecule has 0 aliphatic carbocycles. The highest BCUT2D eigenvalue weighted by Crippen LogP contribution is 2.19. The minimum Gasteiger partial charge on any atom is -0.490 e. The van der Waals surface area contributed by atoms with Crippen molar-refractivity contribution in [3.63, 3.8) is 0 Å². The number of nitriles is 1. The molecule has 1 atom stereocenters. The molecule has 16 heavy (non-hydrogen) atoms. The number of nitro benzene ring substituents is 1. The first-order chi connectivity index (χ1) is 7.44. The first-order valence-corrected chi connectivity index (χ1v) is 4.52. The highest BCUT2D eigenvalue weighted by Gasteiger charge is 2.18. The van der Waals surface area contributed by atoms with E-state index < -0.39 is 10.5 Å². The van der Waals surface area contributed by atoms with E-state index in [0.29, 0.717) is 5.75 Å². The normalized spacial score (nSPS) is 13.6. The average Bonchev–Trinajstić information content (AvgIpc) is 2.27. The van der Waals surface area contributed by atoms with Crippen LogP contribution in [-0.2, 0) is 0 Å². The fourth-order valence-corrected chi connectivity index (χ4v) is 0.952. The summed E-state index contributed by atoms with van der Waals surface area (Å²) in [7, 11) is 0. The van der Waals surface area contributed by atoms with Crippen molar-refractivity contribution in [1.82, 2.24) is 0 Å². The molecule has 0 saturated carbocycles. The highest BCUT2D eigenvalue weighted by molar-refractivity contribution is 5.38. The lowest BCUT2D eigenvalue weighted by atomic mass is 10.1. The van der Waals surface area contributed by atoms with E-state index in [1.54, 1.807) is 6.07 Å². The van der Waals surface area contributed by atoms with Crippen molar-refractivity contribution in [3.05, 3.63) is 34.4 Å². The first kappa shape index (κ1) is 11.9. The molecule has 1 aromatic carbocycles. The average molecular weight is 221 g/mol.